The topological polar surface area (TPSA) is 55.8 Å². The molecule has 0 amide bonds. The van der Waals surface area contributed by atoms with Gasteiger partial charge in [-0.05, 0) is 96.0 Å². The van der Waals surface area contributed by atoms with Gasteiger partial charge < -0.3 is 14.6 Å². The van der Waals surface area contributed by atoms with Crippen molar-refractivity contribution in [2.24, 2.45) is 0 Å². The van der Waals surface area contributed by atoms with Crippen LogP contribution in [0.3, 0.4) is 0 Å². The minimum absolute atomic E-state index is 0.120. The van der Waals surface area contributed by atoms with Crippen LogP contribution in [0.5, 0.6) is 17.2 Å². The van der Waals surface area contributed by atoms with Gasteiger partial charge in [0.15, 0.2) is 5.78 Å². The summed E-state index contributed by atoms with van der Waals surface area (Å²) in [5, 5.41) is 9.45. The van der Waals surface area contributed by atoms with Crippen LogP contribution in [-0.2, 0) is 6.42 Å². The molecule has 0 saturated carbocycles. The van der Waals surface area contributed by atoms with Crippen molar-refractivity contribution in [3.8, 4) is 17.2 Å². The molecule has 0 bridgehead atoms. The number of carbonyl (C=O) groups is 1. The van der Waals surface area contributed by atoms with E-state index in [1.807, 2.05) is 59.8 Å². The Morgan fingerprint density at radius 2 is 1.57 bits per heavy atom. The van der Waals surface area contributed by atoms with Crippen LogP contribution in [0.15, 0.2) is 55.1 Å². The normalized spacial score (nSPS) is 12.1. The number of rotatable bonds is 7. The average molecular weight is 409 g/mol. The van der Waals surface area contributed by atoms with E-state index in [1.165, 1.54) is 18.2 Å². The lowest BCUT2D eigenvalue weighted by Gasteiger charge is -2.28. The van der Waals surface area contributed by atoms with Gasteiger partial charge in [-0.1, -0.05) is 12.1 Å². The van der Waals surface area contributed by atoms with E-state index in [1.54, 1.807) is 18.2 Å². The smallest absolute Gasteiger partial charge is 0.185 e. The van der Waals surface area contributed by atoms with E-state index in [0.29, 0.717) is 29.0 Å². The van der Waals surface area contributed by atoms with Gasteiger partial charge in [-0.2, -0.15) is 0 Å². The number of carbonyl (C=O) groups excluding carboxylic acids is 1. The van der Waals surface area contributed by atoms with Gasteiger partial charge >= 0.3 is 0 Å². The van der Waals surface area contributed by atoms with E-state index in [2.05, 4.69) is 6.58 Å². The number of aromatic hydroxyl groups is 1. The summed E-state index contributed by atoms with van der Waals surface area (Å²) in [5.41, 5.74) is 1.33. The summed E-state index contributed by atoms with van der Waals surface area (Å²) >= 11 is 0. The van der Waals surface area contributed by atoms with Crippen molar-refractivity contribution >= 4 is 11.9 Å². The summed E-state index contributed by atoms with van der Waals surface area (Å²) in [4.78, 5) is 12.7. The molecule has 4 heteroatoms. The fraction of sp³-hybridized carbons (Fsp3) is 0.346. The minimum atomic E-state index is -0.431. The molecule has 2 aromatic carbocycles. The lowest BCUT2D eigenvalue weighted by Crippen LogP contribution is -2.26. The maximum Gasteiger partial charge on any atom is 0.185 e. The second kappa shape index (κ2) is 9.21. The first kappa shape index (κ1) is 23.3. The van der Waals surface area contributed by atoms with Gasteiger partial charge in [-0.15, -0.1) is 6.58 Å². The van der Waals surface area contributed by atoms with Crippen molar-refractivity contribution in [2.45, 2.75) is 59.2 Å². The van der Waals surface area contributed by atoms with Crippen LogP contribution < -0.4 is 9.47 Å². The molecular formula is C26H32O4. The lowest BCUT2D eigenvalue weighted by atomic mass is 10.0. The molecule has 0 aliphatic rings. The summed E-state index contributed by atoms with van der Waals surface area (Å²) in [7, 11) is 0. The molecule has 0 aromatic heterocycles. The molecule has 2 rings (SSSR count). The van der Waals surface area contributed by atoms with Crippen molar-refractivity contribution in [3.63, 3.8) is 0 Å². The number of ether oxygens (including phenoxy) is 2. The summed E-state index contributed by atoms with van der Waals surface area (Å²) in [6, 6.07) is 10.1. The number of phenols is 1. The Kier molecular flexibility index (Phi) is 7.14. The van der Waals surface area contributed by atoms with Gasteiger partial charge in [0.05, 0.1) is 5.56 Å². The maximum atomic E-state index is 12.7. The number of ketones is 1. The predicted molar refractivity (Wildman–Crippen MR) is 123 cm³/mol. The number of hydrogen-bond donors (Lipinski definition) is 1. The van der Waals surface area contributed by atoms with Crippen LogP contribution in [0, 0.1) is 0 Å². The van der Waals surface area contributed by atoms with Crippen LogP contribution in [0.2, 0.25) is 0 Å². The Morgan fingerprint density at radius 1 is 0.967 bits per heavy atom. The van der Waals surface area contributed by atoms with Crippen molar-refractivity contribution in [3.05, 3.63) is 71.8 Å². The van der Waals surface area contributed by atoms with E-state index in [-0.39, 0.29) is 11.5 Å². The molecule has 30 heavy (non-hydrogen) atoms. The number of benzene rings is 2. The molecule has 0 saturated heterocycles. The molecule has 0 spiro atoms. The molecule has 160 valence electrons. The number of allylic oxidation sites excluding steroid dienone is 2. The third kappa shape index (κ3) is 6.80. The quantitative estimate of drug-likeness (QED) is 0.328. The Bertz CT molecular complexity index is 923. The molecule has 0 aliphatic heterocycles. The van der Waals surface area contributed by atoms with Crippen molar-refractivity contribution in [1.82, 2.24) is 0 Å². The first-order chi connectivity index (χ1) is 13.9. The van der Waals surface area contributed by atoms with Crippen LogP contribution in [-0.4, -0.2) is 22.1 Å². The standard InChI is InChI=1S/C26H32O4/c1-8-9-19-12-17-23(29-25(2,3)4)21(24(19)30-26(5,6)7)15-16-22(28)18-10-13-20(27)14-11-18/h8,10-17,27H,1,9H2,2-7H3. The molecule has 2 aromatic rings. The van der Waals surface area contributed by atoms with Gasteiger partial charge in [0.25, 0.3) is 0 Å². The van der Waals surface area contributed by atoms with Gasteiger partial charge in [0, 0.05) is 5.56 Å². The number of phenolic OH excluding ortho intramolecular Hbond substituents is 1. The van der Waals surface area contributed by atoms with Crippen LogP contribution in [0.25, 0.3) is 6.08 Å². The Morgan fingerprint density at radius 3 is 2.10 bits per heavy atom. The van der Waals surface area contributed by atoms with Crippen LogP contribution in [0.4, 0.5) is 0 Å². The third-order valence-electron chi connectivity index (χ3n) is 3.98. The van der Waals surface area contributed by atoms with Crippen molar-refractivity contribution < 1.29 is 19.4 Å². The summed E-state index contributed by atoms with van der Waals surface area (Å²) in [6.07, 6.45) is 5.70. The zero-order chi connectivity index (χ0) is 22.5. The Hall–Kier alpha value is -3.01. The highest BCUT2D eigenvalue weighted by Crippen LogP contribution is 2.38. The predicted octanol–water partition coefficient (Wildman–Crippen LogP) is 6.37. The van der Waals surface area contributed by atoms with Crippen molar-refractivity contribution in [1.29, 1.82) is 0 Å². The molecule has 0 radical (unpaired) electrons. The van der Waals surface area contributed by atoms with Crippen LogP contribution >= 0.6 is 0 Å². The Labute approximate surface area is 179 Å². The van der Waals surface area contributed by atoms with E-state index in [4.69, 9.17) is 9.47 Å². The highest BCUT2D eigenvalue weighted by atomic mass is 16.5. The third-order valence-corrected chi connectivity index (χ3v) is 3.98. The van der Waals surface area contributed by atoms with Gasteiger partial charge in [0.2, 0.25) is 0 Å². The fourth-order valence-electron chi connectivity index (χ4n) is 2.83. The zero-order valence-electron chi connectivity index (χ0n) is 18.8. The zero-order valence-corrected chi connectivity index (χ0v) is 18.8. The van der Waals surface area contributed by atoms with E-state index >= 15 is 0 Å². The highest BCUT2D eigenvalue weighted by molar-refractivity contribution is 6.07. The second-order valence-electron chi connectivity index (χ2n) is 9.13. The molecule has 4 nitrogen and oxygen atoms in total. The Balaban J connectivity index is 2.58. The molecule has 1 N–H and O–H groups in total. The maximum absolute atomic E-state index is 12.7. The monoisotopic (exact) mass is 408 g/mol. The largest absolute Gasteiger partial charge is 0.508 e. The summed E-state index contributed by atoms with van der Waals surface area (Å²) in [6.45, 7) is 15.7. The SMILES string of the molecule is C=CCc1ccc(OC(C)(C)C)c(C=CC(=O)c2ccc(O)cc2)c1OC(C)(C)C. The van der Waals surface area contributed by atoms with Crippen molar-refractivity contribution in [2.75, 3.05) is 0 Å². The first-order valence-electron chi connectivity index (χ1n) is 10.1. The summed E-state index contributed by atoms with van der Waals surface area (Å²) in [5.74, 6) is 1.27. The highest BCUT2D eigenvalue weighted by Gasteiger charge is 2.22. The molecule has 0 aliphatic carbocycles. The fourth-order valence-corrected chi connectivity index (χ4v) is 2.83. The molecule has 0 atom stereocenters. The first-order valence-corrected chi connectivity index (χ1v) is 10.1. The van der Waals surface area contributed by atoms with Gasteiger partial charge in [0.1, 0.15) is 28.5 Å². The summed E-state index contributed by atoms with van der Waals surface area (Å²) < 4.78 is 12.5. The molecule has 0 heterocycles. The van der Waals surface area contributed by atoms with Gasteiger partial charge in [-0.25, -0.2) is 0 Å². The van der Waals surface area contributed by atoms with E-state index < -0.39 is 11.2 Å². The minimum Gasteiger partial charge on any atom is -0.508 e. The van der Waals surface area contributed by atoms with E-state index in [0.717, 1.165) is 5.56 Å². The molecule has 0 fully saturated rings. The van der Waals surface area contributed by atoms with Crippen LogP contribution in [0.1, 0.15) is 63.0 Å². The average Bonchev–Trinajstić information content (AvgIpc) is 2.61. The van der Waals surface area contributed by atoms with E-state index in [9.17, 15) is 9.90 Å². The molecule has 0 unspecified atom stereocenters. The second-order valence-corrected chi connectivity index (χ2v) is 9.13. The molecular weight excluding hydrogens is 376 g/mol. The number of hydrogen-bond acceptors (Lipinski definition) is 4. The lowest BCUT2D eigenvalue weighted by molar-refractivity contribution is 0.104. The van der Waals surface area contributed by atoms with Gasteiger partial charge in [-0.3, -0.25) is 4.79 Å².